The number of fused-ring (bicyclic) bond motifs is 1. The monoisotopic (exact) mass is 250 g/mol. The normalized spacial score (nSPS) is 11.0. The van der Waals surface area contributed by atoms with Gasteiger partial charge in [0.2, 0.25) is 0 Å². The van der Waals surface area contributed by atoms with Crippen LogP contribution in [0.15, 0.2) is 54.9 Å². The second kappa shape index (κ2) is 5.27. The SMILES string of the molecule is Cc1ccc2ncc(CCCc3ccccc3)n2c1. The van der Waals surface area contributed by atoms with Gasteiger partial charge < -0.3 is 4.40 Å². The van der Waals surface area contributed by atoms with E-state index < -0.39 is 0 Å². The van der Waals surface area contributed by atoms with E-state index in [1.54, 1.807) is 0 Å². The highest BCUT2D eigenvalue weighted by Gasteiger charge is 2.03. The third-order valence-corrected chi connectivity index (χ3v) is 3.47. The zero-order valence-electron chi connectivity index (χ0n) is 11.2. The zero-order valence-corrected chi connectivity index (χ0v) is 11.2. The van der Waals surface area contributed by atoms with Gasteiger partial charge in [-0.3, -0.25) is 0 Å². The van der Waals surface area contributed by atoms with Crippen molar-refractivity contribution in [2.24, 2.45) is 0 Å². The van der Waals surface area contributed by atoms with E-state index >= 15 is 0 Å². The van der Waals surface area contributed by atoms with Crippen molar-refractivity contribution in [3.63, 3.8) is 0 Å². The molecule has 2 heteroatoms. The smallest absolute Gasteiger partial charge is 0.136 e. The quantitative estimate of drug-likeness (QED) is 0.688. The summed E-state index contributed by atoms with van der Waals surface area (Å²) >= 11 is 0. The number of hydrogen-bond donors (Lipinski definition) is 0. The predicted octanol–water partition coefficient (Wildman–Crippen LogP) is 3.82. The summed E-state index contributed by atoms with van der Waals surface area (Å²) in [7, 11) is 0. The molecule has 0 aliphatic carbocycles. The first-order chi connectivity index (χ1) is 9.33. The highest BCUT2D eigenvalue weighted by Crippen LogP contribution is 2.12. The Labute approximate surface area is 113 Å². The molecule has 0 radical (unpaired) electrons. The van der Waals surface area contributed by atoms with Crippen LogP contribution >= 0.6 is 0 Å². The van der Waals surface area contributed by atoms with Gasteiger partial charge in [-0.15, -0.1) is 0 Å². The average Bonchev–Trinajstić information content (AvgIpc) is 2.83. The number of pyridine rings is 1. The lowest BCUT2D eigenvalue weighted by Gasteiger charge is -2.03. The summed E-state index contributed by atoms with van der Waals surface area (Å²) in [6.07, 6.45) is 7.52. The fourth-order valence-corrected chi connectivity index (χ4v) is 2.44. The minimum Gasteiger partial charge on any atom is -0.304 e. The summed E-state index contributed by atoms with van der Waals surface area (Å²) in [6.45, 7) is 2.12. The summed E-state index contributed by atoms with van der Waals surface area (Å²) in [5.41, 5.74) is 5.03. The van der Waals surface area contributed by atoms with Gasteiger partial charge in [0.15, 0.2) is 0 Å². The van der Waals surface area contributed by atoms with Crippen LogP contribution in [0, 0.1) is 6.92 Å². The summed E-state index contributed by atoms with van der Waals surface area (Å²) in [6, 6.07) is 14.8. The van der Waals surface area contributed by atoms with E-state index in [-0.39, 0.29) is 0 Å². The van der Waals surface area contributed by atoms with Crippen LogP contribution in [0.3, 0.4) is 0 Å². The van der Waals surface area contributed by atoms with Crippen LogP contribution in [0.2, 0.25) is 0 Å². The van der Waals surface area contributed by atoms with Crippen LogP contribution in [0.4, 0.5) is 0 Å². The van der Waals surface area contributed by atoms with Gasteiger partial charge >= 0.3 is 0 Å². The number of hydrogen-bond acceptors (Lipinski definition) is 1. The number of rotatable bonds is 4. The number of aromatic nitrogens is 2. The minimum atomic E-state index is 1.04. The molecule has 0 saturated carbocycles. The van der Waals surface area contributed by atoms with E-state index in [9.17, 15) is 0 Å². The molecule has 0 aliphatic heterocycles. The van der Waals surface area contributed by atoms with Crippen molar-refractivity contribution in [2.75, 3.05) is 0 Å². The lowest BCUT2D eigenvalue weighted by Crippen LogP contribution is -1.95. The molecule has 2 aromatic heterocycles. The maximum Gasteiger partial charge on any atom is 0.136 e. The molecule has 0 spiro atoms. The van der Waals surface area contributed by atoms with E-state index in [4.69, 9.17) is 0 Å². The van der Waals surface area contributed by atoms with Crippen molar-refractivity contribution in [2.45, 2.75) is 26.2 Å². The molecule has 0 aliphatic rings. The molecule has 19 heavy (non-hydrogen) atoms. The first-order valence-corrected chi connectivity index (χ1v) is 6.79. The molecule has 0 bridgehead atoms. The van der Waals surface area contributed by atoms with Crippen molar-refractivity contribution in [3.8, 4) is 0 Å². The van der Waals surface area contributed by atoms with Crippen LogP contribution in [-0.4, -0.2) is 9.38 Å². The van der Waals surface area contributed by atoms with Crippen LogP contribution in [0.25, 0.3) is 5.65 Å². The second-order valence-electron chi connectivity index (χ2n) is 5.02. The predicted molar refractivity (Wildman–Crippen MR) is 78.4 cm³/mol. The summed E-state index contributed by atoms with van der Waals surface area (Å²) in [5.74, 6) is 0. The Morgan fingerprint density at radius 1 is 1.00 bits per heavy atom. The molecular weight excluding hydrogens is 232 g/mol. The van der Waals surface area contributed by atoms with Crippen molar-refractivity contribution < 1.29 is 0 Å². The van der Waals surface area contributed by atoms with E-state index in [0.717, 1.165) is 24.9 Å². The topological polar surface area (TPSA) is 17.3 Å². The number of benzene rings is 1. The molecular formula is C17H18N2. The van der Waals surface area contributed by atoms with Crippen molar-refractivity contribution >= 4 is 5.65 Å². The highest BCUT2D eigenvalue weighted by atomic mass is 15.0. The molecule has 0 N–H and O–H groups in total. The molecule has 1 aromatic carbocycles. The fourth-order valence-electron chi connectivity index (χ4n) is 2.44. The summed E-state index contributed by atoms with van der Waals surface area (Å²) < 4.78 is 2.21. The molecule has 96 valence electrons. The average molecular weight is 250 g/mol. The number of nitrogens with zero attached hydrogens (tertiary/aromatic N) is 2. The number of aryl methyl sites for hydroxylation is 3. The van der Waals surface area contributed by atoms with Crippen LogP contribution < -0.4 is 0 Å². The molecule has 2 heterocycles. The summed E-state index contributed by atoms with van der Waals surface area (Å²) in [4.78, 5) is 4.45. The Bertz CT molecular complexity index is 668. The maximum atomic E-state index is 4.45. The third-order valence-electron chi connectivity index (χ3n) is 3.47. The number of imidazole rings is 1. The van der Waals surface area contributed by atoms with Gasteiger partial charge in [0, 0.05) is 18.1 Å². The van der Waals surface area contributed by atoms with Crippen LogP contribution in [0.1, 0.15) is 23.2 Å². The lowest BCUT2D eigenvalue weighted by molar-refractivity contribution is 0.791. The van der Waals surface area contributed by atoms with Gasteiger partial charge in [0.25, 0.3) is 0 Å². The first kappa shape index (κ1) is 12.0. The first-order valence-electron chi connectivity index (χ1n) is 6.79. The van der Waals surface area contributed by atoms with E-state index in [2.05, 4.69) is 65.0 Å². The van der Waals surface area contributed by atoms with Crippen molar-refractivity contribution in [1.29, 1.82) is 0 Å². The largest absolute Gasteiger partial charge is 0.304 e. The fraction of sp³-hybridized carbons (Fsp3) is 0.235. The Morgan fingerprint density at radius 3 is 2.68 bits per heavy atom. The standard InChI is InChI=1S/C17H18N2/c1-14-10-11-17-18-12-16(19(17)13-14)9-5-8-15-6-3-2-4-7-15/h2-4,6-7,10-13H,5,8-9H2,1H3. The lowest BCUT2D eigenvalue weighted by atomic mass is 10.1. The molecule has 2 nitrogen and oxygen atoms in total. The molecule has 0 saturated heterocycles. The van der Waals surface area contributed by atoms with Gasteiger partial charge in [-0.1, -0.05) is 36.4 Å². The molecule has 3 rings (SSSR count). The van der Waals surface area contributed by atoms with Gasteiger partial charge in [0.1, 0.15) is 5.65 Å². The third kappa shape index (κ3) is 2.68. The zero-order chi connectivity index (χ0) is 13.1. The van der Waals surface area contributed by atoms with E-state index in [1.165, 1.54) is 16.8 Å². The molecule has 0 atom stereocenters. The van der Waals surface area contributed by atoms with Gasteiger partial charge in [-0.05, 0) is 43.4 Å². The summed E-state index contributed by atoms with van der Waals surface area (Å²) in [5, 5.41) is 0. The van der Waals surface area contributed by atoms with E-state index in [0.29, 0.717) is 0 Å². The van der Waals surface area contributed by atoms with Gasteiger partial charge in [0.05, 0.1) is 0 Å². The molecule has 0 unspecified atom stereocenters. The van der Waals surface area contributed by atoms with Crippen molar-refractivity contribution in [1.82, 2.24) is 9.38 Å². The Morgan fingerprint density at radius 2 is 1.84 bits per heavy atom. The van der Waals surface area contributed by atoms with Crippen LogP contribution in [0.5, 0.6) is 0 Å². The molecule has 0 amide bonds. The van der Waals surface area contributed by atoms with Crippen LogP contribution in [-0.2, 0) is 12.8 Å². The maximum absolute atomic E-state index is 4.45. The highest BCUT2D eigenvalue weighted by molar-refractivity contribution is 5.41. The van der Waals surface area contributed by atoms with Gasteiger partial charge in [-0.25, -0.2) is 4.98 Å². The minimum absolute atomic E-state index is 1.04. The molecule has 3 aromatic rings. The Hall–Kier alpha value is -2.09. The van der Waals surface area contributed by atoms with Gasteiger partial charge in [-0.2, -0.15) is 0 Å². The Balaban J connectivity index is 1.70. The second-order valence-corrected chi connectivity index (χ2v) is 5.02. The molecule has 0 fully saturated rings. The van der Waals surface area contributed by atoms with E-state index in [1.807, 2.05) is 6.20 Å². The Kier molecular flexibility index (Phi) is 3.32. The van der Waals surface area contributed by atoms with Crippen molar-refractivity contribution in [3.05, 3.63) is 71.7 Å².